The number of amides is 2. The Labute approximate surface area is 287 Å². The van der Waals surface area contributed by atoms with Crippen molar-refractivity contribution < 1.29 is 33.6 Å². The highest BCUT2D eigenvalue weighted by atomic mass is 127. The summed E-state index contributed by atoms with van der Waals surface area (Å²) in [5.41, 5.74) is 5.42. The fraction of sp³-hybridized carbons (Fsp3) is 0.258. The van der Waals surface area contributed by atoms with Gasteiger partial charge < -0.3 is 34.7 Å². The van der Waals surface area contributed by atoms with E-state index in [0.29, 0.717) is 45.7 Å². The van der Waals surface area contributed by atoms with E-state index in [4.69, 9.17) is 30.5 Å². The molecule has 1 heterocycles. The maximum atomic E-state index is 12.5. The summed E-state index contributed by atoms with van der Waals surface area (Å²) in [7, 11) is 1.27. The zero-order valence-corrected chi connectivity index (χ0v) is 29.0. The Hall–Kier alpha value is -3.53. The number of aliphatic hydroxyl groups excluding tert-OH is 1. The van der Waals surface area contributed by atoms with Gasteiger partial charge in [0.2, 0.25) is 0 Å². The number of nitrogens with zero attached hydrogens (tertiary/aromatic N) is 1. The summed E-state index contributed by atoms with van der Waals surface area (Å²) in [6.07, 6.45) is 0.370. The lowest BCUT2D eigenvalue weighted by Gasteiger charge is -2.28. The summed E-state index contributed by atoms with van der Waals surface area (Å²) < 4.78 is 24.3. The van der Waals surface area contributed by atoms with Crippen LogP contribution in [-0.2, 0) is 16.1 Å². The number of methoxy groups -OCH3 is 1. The van der Waals surface area contributed by atoms with Gasteiger partial charge >= 0.3 is 12.0 Å². The Kier molecular flexibility index (Phi) is 12.3. The number of carbonyl (C=O) groups excluding carboxylic acids is 2. The molecular weight excluding hydrogens is 783 g/mol. The van der Waals surface area contributed by atoms with E-state index >= 15 is 0 Å². The minimum atomic E-state index is -1.17. The molecule has 0 saturated heterocycles. The molecule has 45 heavy (non-hydrogen) atoms. The summed E-state index contributed by atoms with van der Waals surface area (Å²) in [4.78, 5) is 24.6. The van der Waals surface area contributed by atoms with Crippen LogP contribution in [0.2, 0.25) is 5.02 Å². The summed E-state index contributed by atoms with van der Waals surface area (Å²) in [6, 6.07) is 15.0. The molecule has 0 radical (unpaired) electrons. The molecule has 0 bridgehead atoms. The van der Waals surface area contributed by atoms with E-state index in [1.165, 1.54) is 7.11 Å². The second kappa shape index (κ2) is 16.2. The number of benzene rings is 3. The van der Waals surface area contributed by atoms with Crippen molar-refractivity contribution in [2.75, 3.05) is 20.3 Å². The number of nitrogens with one attached hydrogen (secondary N) is 3. The fourth-order valence-corrected chi connectivity index (χ4v) is 6.31. The zero-order valence-electron chi connectivity index (χ0n) is 24.5. The van der Waals surface area contributed by atoms with Crippen LogP contribution in [0.1, 0.15) is 36.6 Å². The molecule has 0 aliphatic carbocycles. The van der Waals surface area contributed by atoms with E-state index in [9.17, 15) is 14.7 Å². The Balaban J connectivity index is 1.43. The number of carbonyl (C=O) groups is 2. The first-order valence-corrected chi connectivity index (χ1v) is 15.9. The molecule has 4 rings (SSSR count). The van der Waals surface area contributed by atoms with E-state index in [1.54, 1.807) is 37.4 Å². The van der Waals surface area contributed by atoms with Crippen LogP contribution in [0.5, 0.6) is 17.2 Å². The summed E-state index contributed by atoms with van der Waals surface area (Å²) in [5.74, 6) is 0.754. The molecule has 1 aliphatic rings. The number of rotatable bonds is 13. The molecule has 3 aromatic carbocycles. The number of aliphatic hydroxyl groups is 1. The third-order valence-electron chi connectivity index (χ3n) is 6.47. The zero-order chi connectivity index (χ0) is 32.5. The van der Waals surface area contributed by atoms with Gasteiger partial charge in [0.1, 0.15) is 19.0 Å². The quantitative estimate of drug-likeness (QED) is 0.0559. The van der Waals surface area contributed by atoms with Crippen LogP contribution in [-0.4, -0.2) is 49.9 Å². The molecule has 2 amide bonds. The average molecular weight is 814 g/mol. The standard InChI is InChI=1S/C31H31BrClIN4O7/c1-4-43-25-12-18(28-27(30(40)42-3)17(2)36-31(41)37-28)9-10-24(25)44-16-26(39)38-35-14-20-11-21(32)13-23(34)29(20)45-15-19-7-5-6-8-22(19)33/h5-14,26,28,38-39H,4,15-16H2,1-3H3,(H2,36,37,41)/b35-14+/t26-,28+/m1/s1. The largest absolute Gasteiger partial charge is 0.490 e. The van der Waals surface area contributed by atoms with E-state index in [1.807, 2.05) is 37.3 Å². The van der Waals surface area contributed by atoms with Crippen molar-refractivity contribution in [3.8, 4) is 17.2 Å². The second-order valence-electron chi connectivity index (χ2n) is 9.60. The molecule has 0 saturated carbocycles. The van der Waals surface area contributed by atoms with Crippen molar-refractivity contribution in [3.05, 3.63) is 95.6 Å². The molecule has 4 N–H and O–H groups in total. The Morgan fingerprint density at radius 2 is 1.96 bits per heavy atom. The number of halogens is 3. The van der Waals surface area contributed by atoms with Gasteiger partial charge in [0, 0.05) is 26.3 Å². The maximum Gasteiger partial charge on any atom is 0.337 e. The summed E-state index contributed by atoms with van der Waals surface area (Å²) >= 11 is 12.0. The normalized spacial score (nSPS) is 15.3. The van der Waals surface area contributed by atoms with Gasteiger partial charge in [-0.25, -0.2) is 9.59 Å². The second-order valence-corrected chi connectivity index (χ2v) is 12.1. The highest BCUT2D eigenvalue weighted by Crippen LogP contribution is 2.35. The number of ether oxygens (including phenoxy) is 4. The maximum absolute atomic E-state index is 12.5. The first-order valence-electron chi connectivity index (χ1n) is 13.7. The SMILES string of the molecule is CCOc1cc([C@@H]2NC(=O)NC(C)=C2C(=O)OC)ccc1OC[C@@H](O)N/N=C/c1cc(Br)cc(I)c1OCc1ccccc1Cl. The lowest BCUT2D eigenvalue weighted by atomic mass is 9.95. The van der Waals surface area contributed by atoms with Gasteiger partial charge in [0.25, 0.3) is 0 Å². The molecule has 11 nitrogen and oxygen atoms in total. The van der Waals surface area contributed by atoms with E-state index < -0.39 is 24.3 Å². The van der Waals surface area contributed by atoms with Crippen molar-refractivity contribution in [3.63, 3.8) is 0 Å². The van der Waals surface area contributed by atoms with Crippen LogP contribution in [0.25, 0.3) is 0 Å². The molecule has 2 atom stereocenters. The van der Waals surface area contributed by atoms with E-state index in [2.05, 4.69) is 59.7 Å². The van der Waals surface area contributed by atoms with Gasteiger partial charge in [-0.05, 0) is 72.3 Å². The lowest BCUT2D eigenvalue weighted by Crippen LogP contribution is -2.45. The predicted molar refractivity (Wildman–Crippen MR) is 182 cm³/mol. The monoisotopic (exact) mass is 812 g/mol. The summed E-state index contributed by atoms with van der Waals surface area (Å²) in [6.45, 7) is 3.87. The molecule has 14 heteroatoms. The first kappa shape index (κ1) is 34.3. The number of esters is 1. The van der Waals surface area contributed by atoms with Gasteiger partial charge in [0.15, 0.2) is 17.7 Å². The number of allylic oxidation sites excluding steroid dienone is 1. The average Bonchev–Trinajstić information content (AvgIpc) is 3.00. The number of hydrogen-bond donors (Lipinski definition) is 4. The molecule has 3 aromatic rings. The van der Waals surface area contributed by atoms with Crippen LogP contribution >= 0.6 is 50.1 Å². The van der Waals surface area contributed by atoms with E-state index in [0.717, 1.165) is 13.6 Å². The van der Waals surface area contributed by atoms with Crippen LogP contribution in [0, 0.1) is 3.57 Å². The third kappa shape index (κ3) is 9.02. The highest BCUT2D eigenvalue weighted by Gasteiger charge is 2.32. The van der Waals surface area contributed by atoms with Gasteiger partial charge in [-0.15, -0.1) is 0 Å². The number of hydrazone groups is 1. The van der Waals surface area contributed by atoms with Gasteiger partial charge in [-0.2, -0.15) is 5.10 Å². The Morgan fingerprint density at radius 3 is 2.69 bits per heavy atom. The molecular formula is C31H31BrClIN4O7. The summed E-state index contributed by atoms with van der Waals surface area (Å²) in [5, 5.41) is 20.7. The number of urea groups is 1. The molecule has 0 aromatic heterocycles. The molecule has 0 unspecified atom stereocenters. The van der Waals surface area contributed by atoms with Crippen molar-refractivity contribution in [1.82, 2.24) is 16.1 Å². The lowest BCUT2D eigenvalue weighted by molar-refractivity contribution is -0.136. The van der Waals surface area contributed by atoms with E-state index in [-0.39, 0.29) is 18.8 Å². The van der Waals surface area contributed by atoms with Crippen LogP contribution < -0.4 is 30.3 Å². The van der Waals surface area contributed by atoms with Crippen LogP contribution in [0.15, 0.2) is 75.4 Å². The van der Waals surface area contributed by atoms with Crippen LogP contribution in [0.3, 0.4) is 0 Å². The topological polar surface area (TPSA) is 140 Å². The fourth-order valence-electron chi connectivity index (χ4n) is 4.41. The highest BCUT2D eigenvalue weighted by molar-refractivity contribution is 14.1. The first-order chi connectivity index (χ1) is 21.6. The third-order valence-corrected chi connectivity index (χ3v) is 8.09. The molecule has 1 aliphatic heterocycles. The smallest absolute Gasteiger partial charge is 0.337 e. The van der Waals surface area contributed by atoms with Crippen molar-refractivity contribution in [2.24, 2.45) is 5.10 Å². The van der Waals surface area contributed by atoms with Gasteiger partial charge in [-0.1, -0.05) is 51.8 Å². The van der Waals surface area contributed by atoms with Crippen molar-refractivity contribution in [1.29, 1.82) is 0 Å². The molecule has 0 spiro atoms. The van der Waals surface area contributed by atoms with Crippen LogP contribution in [0.4, 0.5) is 4.79 Å². The van der Waals surface area contributed by atoms with Crippen molar-refractivity contribution in [2.45, 2.75) is 32.7 Å². The molecule has 238 valence electrons. The van der Waals surface area contributed by atoms with Crippen molar-refractivity contribution >= 4 is 68.3 Å². The predicted octanol–water partition coefficient (Wildman–Crippen LogP) is 5.81. The Morgan fingerprint density at radius 1 is 1.18 bits per heavy atom. The number of hydrogen-bond acceptors (Lipinski definition) is 9. The van der Waals surface area contributed by atoms with Gasteiger partial charge in [0.05, 0.1) is 35.1 Å². The Bertz CT molecular complexity index is 1620. The minimum absolute atomic E-state index is 0.168. The minimum Gasteiger partial charge on any atom is -0.490 e. The molecule has 0 fully saturated rings. The van der Waals surface area contributed by atoms with Gasteiger partial charge in [-0.3, -0.25) is 5.43 Å².